The van der Waals surface area contributed by atoms with E-state index in [4.69, 9.17) is 5.73 Å². The van der Waals surface area contributed by atoms with Crippen LogP contribution < -0.4 is 16.4 Å². The Kier molecular flexibility index (Phi) is 10.9. The first-order chi connectivity index (χ1) is 17.8. The van der Waals surface area contributed by atoms with Gasteiger partial charge in [0.1, 0.15) is 0 Å². The lowest BCUT2D eigenvalue weighted by molar-refractivity contribution is -0.118. The molecule has 4 saturated carbocycles. The summed E-state index contributed by atoms with van der Waals surface area (Å²) >= 11 is 0. The molecule has 0 saturated heterocycles. The summed E-state index contributed by atoms with van der Waals surface area (Å²) in [5.41, 5.74) is 6.85. The van der Waals surface area contributed by atoms with Crippen molar-refractivity contribution in [2.45, 2.75) is 137 Å². The van der Waals surface area contributed by atoms with Crippen LogP contribution in [0.5, 0.6) is 0 Å². The van der Waals surface area contributed by atoms with Gasteiger partial charge in [0.25, 0.3) is 0 Å². The molecule has 37 heavy (non-hydrogen) atoms. The Morgan fingerprint density at radius 1 is 0.757 bits per heavy atom. The van der Waals surface area contributed by atoms with Gasteiger partial charge in [-0.1, -0.05) is 53.9 Å². The maximum Gasteiger partial charge on any atom is 0.00701 e. The van der Waals surface area contributed by atoms with Gasteiger partial charge in [0.05, 0.1) is 0 Å². The van der Waals surface area contributed by atoms with Crippen molar-refractivity contribution >= 4 is 0 Å². The molecule has 0 aromatic heterocycles. The van der Waals surface area contributed by atoms with Gasteiger partial charge in [0, 0.05) is 6.04 Å². The molecule has 4 fully saturated rings. The van der Waals surface area contributed by atoms with Crippen LogP contribution in [0.15, 0.2) is 0 Å². The van der Waals surface area contributed by atoms with E-state index in [9.17, 15) is 0 Å². The summed E-state index contributed by atoms with van der Waals surface area (Å²) in [5, 5.41) is 7.56. The lowest BCUT2D eigenvalue weighted by atomic mass is 9.44. The Labute approximate surface area is 231 Å². The van der Waals surface area contributed by atoms with Crippen molar-refractivity contribution in [2.24, 2.45) is 58.0 Å². The van der Waals surface area contributed by atoms with Crippen molar-refractivity contribution in [3.8, 4) is 0 Å². The third-order valence-corrected chi connectivity index (χ3v) is 12.6. The van der Waals surface area contributed by atoms with E-state index in [2.05, 4.69) is 45.3 Å². The van der Waals surface area contributed by atoms with Gasteiger partial charge in [-0.2, -0.15) is 0 Å². The molecule has 4 N–H and O–H groups in total. The Hall–Kier alpha value is -0.120. The number of nitrogens with one attached hydrogen (secondary N) is 2. The summed E-state index contributed by atoms with van der Waals surface area (Å²) in [5.74, 6) is 6.82. The Morgan fingerprint density at radius 3 is 2.30 bits per heavy atom. The van der Waals surface area contributed by atoms with Crippen LogP contribution in [0.25, 0.3) is 0 Å². The minimum atomic E-state index is 0.619. The van der Waals surface area contributed by atoms with Crippen LogP contribution in [0.2, 0.25) is 0 Å². The maximum atomic E-state index is 5.59. The van der Waals surface area contributed by atoms with Crippen LogP contribution in [0.4, 0.5) is 0 Å². The van der Waals surface area contributed by atoms with Crippen LogP contribution in [0.1, 0.15) is 131 Å². The molecule has 0 aromatic rings. The van der Waals surface area contributed by atoms with Crippen LogP contribution in [0, 0.1) is 52.3 Å². The van der Waals surface area contributed by atoms with Crippen LogP contribution >= 0.6 is 0 Å². The second-order valence-electron chi connectivity index (χ2n) is 15.2. The molecule has 3 heteroatoms. The fourth-order valence-electron chi connectivity index (χ4n) is 10.5. The molecule has 4 aliphatic rings. The average Bonchev–Trinajstić information content (AvgIpc) is 3.22. The highest BCUT2D eigenvalue weighted by molar-refractivity contribution is 5.10. The van der Waals surface area contributed by atoms with Crippen molar-refractivity contribution in [3.63, 3.8) is 0 Å². The summed E-state index contributed by atoms with van der Waals surface area (Å²) in [6, 6.07) is 0.767. The Morgan fingerprint density at radius 2 is 1.51 bits per heavy atom. The van der Waals surface area contributed by atoms with Crippen LogP contribution in [-0.4, -0.2) is 32.2 Å². The molecule has 0 bridgehead atoms. The van der Waals surface area contributed by atoms with E-state index in [1.165, 1.54) is 83.6 Å². The molecule has 0 aliphatic heterocycles. The van der Waals surface area contributed by atoms with Gasteiger partial charge in [-0.3, -0.25) is 0 Å². The normalized spacial score (nSPS) is 40.3. The van der Waals surface area contributed by atoms with Crippen molar-refractivity contribution in [3.05, 3.63) is 0 Å². The van der Waals surface area contributed by atoms with Crippen molar-refractivity contribution < 1.29 is 0 Å². The summed E-state index contributed by atoms with van der Waals surface area (Å²) in [7, 11) is 0. The number of hydrogen-bond donors (Lipinski definition) is 3. The lowest BCUT2D eigenvalue weighted by Gasteiger charge is -2.61. The van der Waals surface area contributed by atoms with Gasteiger partial charge in [0.15, 0.2) is 0 Å². The second-order valence-corrected chi connectivity index (χ2v) is 15.2. The molecular weight excluding hydrogens is 450 g/mol. The van der Waals surface area contributed by atoms with Gasteiger partial charge >= 0.3 is 0 Å². The topological polar surface area (TPSA) is 50.1 Å². The molecule has 0 heterocycles. The first-order valence-electron chi connectivity index (χ1n) is 16.9. The predicted octanol–water partition coefficient (Wildman–Crippen LogP) is 7.78. The average molecular weight is 516 g/mol. The molecule has 3 nitrogen and oxygen atoms in total. The van der Waals surface area contributed by atoms with Gasteiger partial charge in [-0.25, -0.2) is 0 Å². The van der Waals surface area contributed by atoms with Gasteiger partial charge in [0.2, 0.25) is 0 Å². The molecule has 0 spiro atoms. The number of hydrogen-bond acceptors (Lipinski definition) is 3. The standard InChI is InChI=1S/C34H65N3/c1-25(2)10-8-11-26(3)30-14-15-31-29-13-12-27-24-28(37-23-9-22-36-21-7-6-20-35)16-18-33(27,4)32(29)17-19-34(30,31)5/h25-32,36-37H,6-24,35H2,1-5H3. The Balaban J connectivity index is 1.26. The van der Waals surface area contributed by atoms with Crippen molar-refractivity contribution in [2.75, 3.05) is 26.2 Å². The van der Waals surface area contributed by atoms with E-state index in [1.807, 2.05) is 0 Å². The lowest BCUT2D eigenvalue weighted by Crippen LogP contribution is -2.55. The van der Waals surface area contributed by atoms with E-state index >= 15 is 0 Å². The number of rotatable bonds is 14. The van der Waals surface area contributed by atoms with E-state index in [-0.39, 0.29) is 0 Å². The molecule has 9 unspecified atom stereocenters. The number of fused-ring (bicyclic) bond motifs is 5. The first-order valence-corrected chi connectivity index (χ1v) is 16.9. The molecule has 0 amide bonds. The fourth-order valence-corrected chi connectivity index (χ4v) is 10.5. The maximum absolute atomic E-state index is 5.59. The quantitative estimate of drug-likeness (QED) is 0.207. The molecular formula is C34H65N3. The van der Waals surface area contributed by atoms with E-state index in [1.54, 1.807) is 12.8 Å². The van der Waals surface area contributed by atoms with Crippen LogP contribution in [-0.2, 0) is 0 Å². The second kappa shape index (κ2) is 13.5. The predicted molar refractivity (Wildman–Crippen MR) is 161 cm³/mol. The number of unbranched alkanes of at least 4 members (excludes halogenated alkanes) is 1. The first kappa shape index (κ1) is 29.9. The summed E-state index contributed by atoms with van der Waals surface area (Å²) in [6.45, 7) is 17.2. The fraction of sp³-hybridized carbons (Fsp3) is 1.00. The summed E-state index contributed by atoms with van der Waals surface area (Å²) < 4.78 is 0. The highest BCUT2D eigenvalue weighted by atomic mass is 14.9. The van der Waals surface area contributed by atoms with Gasteiger partial charge < -0.3 is 16.4 Å². The Bertz CT molecular complexity index is 678. The molecule has 0 radical (unpaired) electrons. The zero-order valence-electron chi connectivity index (χ0n) is 25.6. The highest BCUT2D eigenvalue weighted by Gasteiger charge is 2.60. The monoisotopic (exact) mass is 516 g/mol. The van der Waals surface area contributed by atoms with Crippen LogP contribution in [0.3, 0.4) is 0 Å². The molecule has 4 rings (SSSR count). The van der Waals surface area contributed by atoms with Crippen molar-refractivity contribution in [1.82, 2.24) is 10.6 Å². The highest BCUT2D eigenvalue weighted by Crippen LogP contribution is 2.68. The zero-order chi connectivity index (χ0) is 26.5. The van der Waals surface area contributed by atoms with E-state index in [0.717, 1.165) is 73.5 Å². The largest absolute Gasteiger partial charge is 0.330 e. The molecule has 216 valence electrons. The van der Waals surface area contributed by atoms with E-state index < -0.39 is 0 Å². The summed E-state index contributed by atoms with van der Waals surface area (Å²) in [6.07, 6.45) is 21.5. The minimum Gasteiger partial charge on any atom is -0.330 e. The third kappa shape index (κ3) is 6.79. The van der Waals surface area contributed by atoms with Gasteiger partial charge in [-0.15, -0.1) is 0 Å². The smallest absolute Gasteiger partial charge is 0.00701 e. The third-order valence-electron chi connectivity index (χ3n) is 12.6. The van der Waals surface area contributed by atoms with Crippen molar-refractivity contribution in [1.29, 1.82) is 0 Å². The minimum absolute atomic E-state index is 0.619. The van der Waals surface area contributed by atoms with Gasteiger partial charge in [-0.05, 0) is 155 Å². The molecule has 0 aromatic carbocycles. The SMILES string of the molecule is CC(C)CCCC(C)C1CCC2C3CCC4CC(NCCCNCCCCN)CCC4(C)C3CCC12C. The molecule has 4 aliphatic carbocycles. The van der Waals surface area contributed by atoms with E-state index in [0.29, 0.717) is 10.8 Å². The molecule has 9 atom stereocenters. The summed E-state index contributed by atoms with van der Waals surface area (Å²) in [4.78, 5) is 0. The number of nitrogens with two attached hydrogens (primary N) is 1. The zero-order valence-corrected chi connectivity index (χ0v) is 25.6.